The van der Waals surface area contributed by atoms with E-state index in [1.165, 1.54) is 71.4 Å². The van der Waals surface area contributed by atoms with Gasteiger partial charge in [-0.15, -0.1) is 4.57 Å². The summed E-state index contributed by atoms with van der Waals surface area (Å²) in [4.78, 5) is 0. The number of para-hydroxylation sites is 1. The molecule has 3 aliphatic heterocycles. The van der Waals surface area contributed by atoms with Crippen LogP contribution in [0.3, 0.4) is 0 Å². The molecule has 39 heavy (non-hydrogen) atoms. The van der Waals surface area contributed by atoms with Crippen molar-refractivity contribution in [2.75, 3.05) is 0 Å². The summed E-state index contributed by atoms with van der Waals surface area (Å²) < 4.78 is 14.2. The molecule has 0 fully saturated rings. The zero-order chi connectivity index (χ0) is 25.0. The molecule has 4 nitrogen and oxygen atoms in total. The molecule has 0 saturated carbocycles. The van der Waals surface area contributed by atoms with Crippen LogP contribution in [0, 0.1) is 0 Å². The predicted octanol–water partition coefficient (Wildman–Crippen LogP) is 6.82. The van der Waals surface area contributed by atoms with E-state index in [2.05, 4.69) is 129 Å². The molecule has 0 N–H and O–H groups in total. The normalized spacial score (nSPS) is 17.5. The summed E-state index contributed by atoms with van der Waals surface area (Å²) in [5.74, 6) is 1.81. The number of ether oxygens (including phenoxy) is 1. The van der Waals surface area contributed by atoms with Crippen molar-refractivity contribution in [2.24, 2.45) is 0 Å². The molecule has 8 aromatic rings. The van der Waals surface area contributed by atoms with Crippen molar-refractivity contribution in [2.45, 2.75) is 5.66 Å². The third kappa shape index (κ3) is 1.79. The van der Waals surface area contributed by atoms with Crippen LogP contribution in [0.2, 0.25) is 0 Å². The molecule has 1 atom stereocenters. The van der Waals surface area contributed by atoms with Crippen LogP contribution >= 0.6 is 0 Å². The first-order chi connectivity index (χ1) is 19.4. The largest absolute Gasteiger partial charge is 0.426 e. The van der Waals surface area contributed by atoms with Gasteiger partial charge in [-0.3, -0.25) is 0 Å². The molecule has 7 heterocycles. The van der Waals surface area contributed by atoms with Gasteiger partial charge in [0.15, 0.2) is 17.5 Å². The molecule has 11 rings (SSSR count). The summed E-state index contributed by atoms with van der Waals surface area (Å²) in [6.45, 7) is 0. The number of pyridine rings is 3. The van der Waals surface area contributed by atoms with Crippen LogP contribution in [0.15, 0.2) is 115 Å². The quantitative estimate of drug-likeness (QED) is 0.166. The van der Waals surface area contributed by atoms with Crippen molar-refractivity contribution in [3.05, 3.63) is 127 Å². The van der Waals surface area contributed by atoms with E-state index in [1.54, 1.807) is 0 Å². The zero-order valence-corrected chi connectivity index (χ0v) is 20.7. The second kappa shape index (κ2) is 5.92. The minimum absolute atomic E-state index is 0.570. The third-order valence-corrected chi connectivity index (χ3v) is 9.35. The molecule has 4 heteroatoms. The maximum absolute atomic E-state index is 6.72. The maximum atomic E-state index is 6.72. The van der Waals surface area contributed by atoms with E-state index >= 15 is 0 Å². The van der Waals surface area contributed by atoms with Crippen LogP contribution in [0.1, 0.15) is 11.1 Å². The highest BCUT2D eigenvalue weighted by Crippen LogP contribution is 2.56. The summed E-state index contributed by atoms with van der Waals surface area (Å²) in [6.07, 6.45) is 2.25. The molecule has 4 aromatic carbocycles. The summed E-state index contributed by atoms with van der Waals surface area (Å²) in [7, 11) is 0. The van der Waals surface area contributed by atoms with Gasteiger partial charge in [0, 0.05) is 28.3 Å². The topological polar surface area (TPSA) is 21.4 Å². The Morgan fingerprint density at radius 3 is 2.44 bits per heavy atom. The highest BCUT2D eigenvalue weighted by atomic mass is 16.5. The fourth-order valence-electron chi connectivity index (χ4n) is 8.10. The molecule has 1 unspecified atom stereocenters. The van der Waals surface area contributed by atoms with Crippen LogP contribution in [0.25, 0.3) is 60.3 Å². The highest BCUT2D eigenvalue weighted by Gasteiger charge is 2.71. The number of hydrogen-bond acceptors (Lipinski definition) is 1. The molecule has 0 aliphatic carbocycles. The number of fused-ring (bicyclic) bond motifs is 10. The minimum Gasteiger partial charge on any atom is -0.404 e. The average Bonchev–Trinajstić information content (AvgIpc) is 3.61. The molecule has 0 amide bonds. The van der Waals surface area contributed by atoms with Crippen molar-refractivity contribution in [3.63, 3.8) is 0 Å². The monoisotopic (exact) mass is 497 g/mol. The highest BCUT2D eigenvalue weighted by molar-refractivity contribution is 6.21. The van der Waals surface area contributed by atoms with Gasteiger partial charge < -0.3 is 9.14 Å². The van der Waals surface area contributed by atoms with Gasteiger partial charge in [0.1, 0.15) is 11.1 Å². The standard InChI is InChI=1S/C35H19N3O/c1-2-9-21-20(8-1)15-16-22-23-17-18-29-38-33(23)34-31(25-10-3-4-13-27(25)37(34)32(21)22)35(38)30-24(11-7-14-28(30)39-29)26-12-5-6-19-36(26)35/h1-19H/q+2. The van der Waals surface area contributed by atoms with Gasteiger partial charge in [-0.1, -0.05) is 65.2 Å². The first-order valence-electron chi connectivity index (χ1n) is 13.5. The van der Waals surface area contributed by atoms with E-state index in [1.807, 2.05) is 0 Å². The Morgan fingerprint density at radius 2 is 1.46 bits per heavy atom. The van der Waals surface area contributed by atoms with Gasteiger partial charge in [-0.25, -0.2) is 0 Å². The van der Waals surface area contributed by atoms with Crippen molar-refractivity contribution >= 4 is 49.0 Å². The van der Waals surface area contributed by atoms with Gasteiger partial charge in [0.2, 0.25) is 11.2 Å². The van der Waals surface area contributed by atoms with E-state index < -0.39 is 5.66 Å². The van der Waals surface area contributed by atoms with Gasteiger partial charge in [0.05, 0.1) is 28.0 Å². The van der Waals surface area contributed by atoms with Gasteiger partial charge in [0.25, 0.3) is 0 Å². The first kappa shape index (κ1) is 18.9. The molecule has 178 valence electrons. The Kier molecular flexibility index (Phi) is 2.87. The Balaban J connectivity index is 1.54. The van der Waals surface area contributed by atoms with Crippen LogP contribution in [0.4, 0.5) is 0 Å². The van der Waals surface area contributed by atoms with Crippen LogP contribution in [0.5, 0.6) is 11.6 Å². The van der Waals surface area contributed by atoms with E-state index in [-0.39, 0.29) is 0 Å². The summed E-state index contributed by atoms with van der Waals surface area (Å²) in [5.41, 5.74) is 9.43. The van der Waals surface area contributed by atoms with Crippen LogP contribution in [-0.4, -0.2) is 4.40 Å². The number of rotatable bonds is 0. The fraction of sp³-hybridized carbons (Fsp3) is 0.0286. The van der Waals surface area contributed by atoms with Crippen molar-refractivity contribution in [3.8, 4) is 22.9 Å². The molecule has 4 aromatic heterocycles. The predicted molar refractivity (Wildman–Crippen MR) is 151 cm³/mol. The number of hydrogen-bond donors (Lipinski definition) is 0. The Bertz CT molecular complexity index is 2490. The average molecular weight is 498 g/mol. The van der Waals surface area contributed by atoms with E-state index in [9.17, 15) is 0 Å². The SMILES string of the molecule is c1cc2c3c(c1)-c1cccc[n+]1C31c3c4ccccc4n4c3c3c(ccc([n+]31)O2)c1ccc2ccccc2c14. The van der Waals surface area contributed by atoms with Gasteiger partial charge >= 0.3 is 11.5 Å². The lowest BCUT2D eigenvalue weighted by Crippen LogP contribution is -2.72. The molecular formula is C35H19N3O+2. The minimum atomic E-state index is -0.570. The third-order valence-electron chi connectivity index (χ3n) is 9.35. The lowest BCUT2D eigenvalue weighted by molar-refractivity contribution is -0.952. The number of aromatic nitrogens is 3. The molecule has 0 bridgehead atoms. The van der Waals surface area contributed by atoms with E-state index in [4.69, 9.17) is 4.74 Å². The van der Waals surface area contributed by atoms with Gasteiger partial charge in [-0.05, 0) is 35.7 Å². The van der Waals surface area contributed by atoms with Crippen molar-refractivity contribution < 1.29 is 13.9 Å². The summed E-state index contributed by atoms with van der Waals surface area (Å²) in [6, 6.07) is 39.7. The molecule has 3 aliphatic rings. The molecular weight excluding hydrogens is 478 g/mol. The maximum Gasteiger partial charge on any atom is 0.426 e. The van der Waals surface area contributed by atoms with E-state index in [0.29, 0.717) is 0 Å². The Labute approximate surface area is 222 Å². The number of nitrogens with zero attached hydrogens (tertiary/aromatic N) is 3. The number of benzene rings is 4. The lowest BCUT2D eigenvalue weighted by atomic mass is 9.89. The molecule has 0 radical (unpaired) electrons. The summed E-state index contributed by atoms with van der Waals surface area (Å²) in [5, 5.41) is 6.31. The van der Waals surface area contributed by atoms with Crippen LogP contribution < -0.4 is 13.9 Å². The second-order valence-corrected chi connectivity index (χ2v) is 10.9. The lowest BCUT2D eigenvalue weighted by Gasteiger charge is -2.24. The van der Waals surface area contributed by atoms with Crippen LogP contribution in [-0.2, 0) is 5.66 Å². The smallest absolute Gasteiger partial charge is 0.404 e. The fourth-order valence-corrected chi connectivity index (χ4v) is 8.10. The van der Waals surface area contributed by atoms with E-state index in [0.717, 1.165) is 11.6 Å². The second-order valence-electron chi connectivity index (χ2n) is 10.9. The zero-order valence-electron chi connectivity index (χ0n) is 20.7. The van der Waals surface area contributed by atoms with Gasteiger partial charge in [-0.2, -0.15) is 0 Å². The van der Waals surface area contributed by atoms with Crippen molar-refractivity contribution in [1.82, 2.24) is 4.40 Å². The Hall–Kier alpha value is -5.22. The molecule has 1 spiro atoms. The summed E-state index contributed by atoms with van der Waals surface area (Å²) >= 11 is 0. The Morgan fingerprint density at radius 1 is 0.615 bits per heavy atom. The van der Waals surface area contributed by atoms with Crippen molar-refractivity contribution in [1.29, 1.82) is 0 Å². The molecule has 0 saturated heterocycles. The first-order valence-corrected chi connectivity index (χ1v) is 13.5.